The minimum absolute atomic E-state index is 0.0938. The van der Waals surface area contributed by atoms with Crippen LogP contribution in [-0.4, -0.2) is 47.8 Å². The predicted octanol–water partition coefficient (Wildman–Crippen LogP) is 0.906. The Morgan fingerprint density at radius 3 is 3.00 bits per heavy atom. The molecule has 1 N–H and O–H groups in total. The van der Waals surface area contributed by atoms with Crippen LogP contribution < -0.4 is 0 Å². The second kappa shape index (κ2) is 5.90. The number of esters is 1. The molecule has 0 aromatic carbocycles. The number of rotatable bonds is 5. The van der Waals surface area contributed by atoms with Crippen molar-refractivity contribution in [1.29, 1.82) is 0 Å². The quantitative estimate of drug-likeness (QED) is 0.804. The number of methoxy groups -OCH3 is 1. The van der Waals surface area contributed by atoms with Crippen LogP contribution in [0.5, 0.6) is 0 Å². The van der Waals surface area contributed by atoms with Gasteiger partial charge in [0.2, 0.25) is 0 Å². The zero-order chi connectivity index (χ0) is 14.8. The second-order valence-electron chi connectivity index (χ2n) is 5.16. The molecule has 2 rings (SSSR count). The van der Waals surface area contributed by atoms with Crippen molar-refractivity contribution in [2.45, 2.75) is 44.7 Å². The first-order valence-corrected chi connectivity index (χ1v) is 6.42. The first kappa shape index (κ1) is 15.0. The van der Waals surface area contributed by atoms with Gasteiger partial charge in [-0.15, -0.1) is 0 Å². The highest BCUT2D eigenvalue weighted by atomic mass is 16.7. The van der Waals surface area contributed by atoms with Crippen LogP contribution in [0, 0.1) is 0 Å². The van der Waals surface area contributed by atoms with Crippen molar-refractivity contribution < 1.29 is 28.5 Å². The largest absolute Gasteiger partial charge is 0.464 e. The van der Waals surface area contributed by atoms with Crippen molar-refractivity contribution in [2.24, 2.45) is 0 Å². The van der Waals surface area contributed by atoms with Gasteiger partial charge in [-0.2, -0.15) is 0 Å². The van der Waals surface area contributed by atoms with E-state index in [0.29, 0.717) is 13.0 Å². The van der Waals surface area contributed by atoms with Gasteiger partial charge in [-0.1, -0.05) is 0 Å². The number of aliphatic hydroxyl groups is 1. The fourth-order valence-electron chi connectivity index (χ4n) is 2.07. The van der Waals surface area contributed by atoms with Crippen LogP contribution in [0.1, 0.15) is 36.6 Å². The molecule has 1 aromatic heterocycles. The molecule has 1 saturated heterocycles. The third-order valence-electron chi connectivity index (χ3n) is 2.96. The molecule has 2 atom stereocenters. The van der Waals surface area contributed by atoms with Gasteiger partial charge in [0.05, 0.1) is 32.3 Å². The molecule has 1 aliphatic heterocycles. The number of oxazole rings is 1. The summed E-state index contributed by atoms with van der Waals surface area (Å²) in [5.74, 6) is -0.884. The minimum atomic E-state index is -0.679. The van der Waals surface area contributed by atoms with E-state index in [1.54, 1.807) is 0 Å². The van der Waals surface area contributed by atoms with Crippen LogP contribution in [0.25, 0.3) is 0 Å². The van der Waals surface area contributed by atoms with E-state index < -0.39 is 17.9 Å². The lowest BCUT2D eigenvalue weighted by atomic mass is 10.1. The molecular formula is C13H19NO6. The fourth-order valence-corrected chi connectivity index (χ4v) is 2.07. The van der Waals surface area contributed by atoms with Crippen molar-refractivity contribution in [3.63, 3.8) is 0 Å². The van der Waals surface area contributed by atoms with Crippen LogP contribution in [0.4, 0.5) is 0 Å². The van der Waals surface area contributed by atoms with Crippen molar-refractivity contribution in [3.05, 3.63) is 17.8 Å². The number of carbonyl (C=O) groups excluding carboxylic acids is 1. The fraction of sp³-hybridized carbons (Fsp3) is 0.692. The summed E-state index contributed by atoms with van der Waals surface area (Å²) in [6.45, 7) is 4.11. The van der Waals surface area contributed by atoms with Crippen LogP contribution in [-0.2, 0) is 20.6 Å². The highest BCUT2D eigenvalue weighted by Crippen LogP contribution is 2.25. The van der Waals surface area contributed by atoms with Crippen LogP contribution in [0.2, 0.25) is 0 Å². The molecule has 0 spiro atoms. The molecule has 0 unspecified atom stereocenters. The van der Waals surface area contributed by atoms with Gasteiger partial charge in [-0.3, -0.25) is 0 Å². The van der Waals surface area contributed by atoms with E-state index in [1.807, 2.05) is 13.8 Å². The van der Waals surface area contributed by atoms with Crippen molar-refractivity contribution in [2.75, 3.05) is 13.7 Å². The molecule has 20 heavy (non-hydrogen) atoms. The maximum Gasteiger partial charge on any atom is 0.360 e. The number of hydrogen-bond donors (Lipinski definition) is 1. The summed E-state index contributed by atoms with van der Waals surface area (Å²) in [7, 11) is 1.27. The van der Waals surface area contributed by atoms with Crippen molar-refractivity contribution in [1.82, 2.24) is 4.98 Å². The molecule has 0 amide bonds. The SMILES string of the molecule is COC(=O)c1coc(C[C@H](O)C[C@H]2COC(C)(C)O2)n1. The van der Waals surface area contributed by atoms with Gasteiger partial charge in [0.1, 0.15) is 6.26 Å². The smallest absolute Gasteiger partial charge is 0.360 e. The molecule has 7 heteroatoms. The third kappa shape index (κ3) is 3.78. The summed E-state index contributed by atoms with van der Waals surface area (Å²) in [5.41, 5.74) is 0.0938. The van der Waals surface area contributed by atoms with E-state index >= 15 is 0 Å². The minimum Gasteiger partial charge on any atom is -0.464 e. The molecular weight excluding hydrogens is 266 g/mol. The number of aliphatic hydroxyl groups excluding tert-OH is 1. The van der Waals surface area contributed by atoms with E-state index in [2.05, 4.69) is 9.72 Å². The average molecular weight is 285 g/mol. The molecule has 112 valence electrons. The van der Waals surface area contributed by atoms with Crippen LogP contribution in [0.15, 0.2) is 10.7 Å². The molecule has 0 aliphatic carbocycles. The van der Waals surface area contributed by atoms with E-state index in [-0.39, 0.29) is 24.1 Å². The van der Waals surface area contributed by atoms with E-state index in [4.69, 9.17) is 13.9 Å². The lowest BCUT2D eigenvalue weighted by Gasteiger charge is -2.18. The number of hydrogen-bond acceptors (Lipinski definition) is 7. The van der Waals surface area contributed by atoms with Crippen molar-refractivity contribution >= 4 is 5.97 Å². The van der Waals surface area contributed by atoms with Crippen LogP contribution in [0.3, 0.4) is 0 Å². The maximum atomic E-state index is 11.2. The molecule has 0 saturated carbocycles. The molecule has 7 nitrogen and oxygen atoms in total. The Labute approximate surface area is 116 Å². The molecule has 2 heterocycles. The Kier molecular flexibility index (Phi) is 4.42. The number of nitrogens with zero attached hydrogens (tertiary/aromatic N) is 1. The highest BCUT2D eigenvalue weighted by molar-refractivity contribution is 5.86. The van der Waals surface area contributed by atoms with Gasteiger partial charge in [0.25, 0.3) is 0 Å². The Hall–Kier alpha value is -1.44. The Morgan fingerprint density at radius 2 is 2.40 bits per heavy atom. The zero-order valence-electron chi connectivity index (χ0n) is 11.8. The second-order valence-corrected chi connectivity index (χ2v) is 5.16. The van der Waals surface area contributed by atoms with Gasteiger partial charge in [0.15, 0.2) is 17.4 Å². The zero-order valence-corrected chi connectivity index (χ0v) is 11.8. The Bertz CT molecular complexity index is 469. The number of aromatic nitrogens is 1. The normalized spacial score (nSPS) is 22.7. The Balaban J connectivity index is 1.84. The topological polar surface area (TPSA) is 91.0 Å². The standard InChI is InChI=1S/C13H19NO6/c1-13(2)19-6-9(20-13)4-8(15)5-11-14-10(7-18-11)12(16)17-3/h7-9,15H,4-6H2,1-3H3/t8-,9+/m1/s1. The summed E-state index contributed by atoms with van der Waals surface area (Å²) >= 11 is 0. The lowest BCUT2D eigenvalue weighted by molar-refractivity contribution is -0.141. The number of ether oxygens (including phenoxy) is 3. The molecule has 1 aromatic rings. The van der Waals surface area contributed by atoms with Gasteiger partial charge < -0.3 is 23.7 Å². The first-order chi connectivity index (χ1) is 9.39. The van der Waals surface area contributed by atoms with Crippen LogP contribution >= 0.6 is 0 Å². The summed E-state index contributed by atoms with van der Waals surface area (Å²) in [4.78, 5) is 15.2. The van der Waals surface area contributed by atoms with Gasteiger partial charge in [-0.05, 0) is 13.8 Å². The third-order valence-corrected chi connectivity index (χ3v) is 2.96. The average Bonchev–Trinajstić information content (AvgIpc) is 2.95. The molecule has 0 radical (unpaired) electrons. The van der Waals surface area contributed by atoms with Gasteiger partial charge in [-0.25, -0.2) is 9.78 Å². The monoisotopic (exact) mass is 285 g/mol. The summed E-state index contributed by atoms with van der Waals surface area (Å²) in [5, 5.41) is 9.99. The van der Waals surface area contributed by atoms with Gasteiger partial charge >= 0.3 is 5.97 Å². The van der Waals surface area contributed by atoms with E-state index in [0.717, 1.165) is 0 Å². The molecule has 1 fully saturated rings. The maximum absolute atomic E-state index is 11.2. The number of carbonyl (C=O) groups is 1. The highest BCUT2D eigenvalue weighted by Gasteiger charge is 2.33. The summed E-state index contributed by atoms with van der Waals surface area (Å²) in [6, 6.07) is 0. The summed E-state index contributed by atoms with van der Waals surface area (Å²) < 4.78 is 20.7. The first-order valence-electron chi connectivity index (χ1n) is 6.42. The lowest BCUT2D eigenvalue weighted by Crippen LogP contribution is -2.25. The Morgan fingerprint density at radius 1 is 1.65 bits per heavy atom. The molecule has 0 bridgehead atoms. The van der Waals surface area contributed by atoms with E-state index in [1.165, 1.54) is 13.4 Å². The summed E-state index contributed by atoms with van der Waals surface area (Å²) in [6.07, 6.45) is 1.000. The molecule has 1 aliphatic rings. The van der Waals surface area contributed by atoms with Gasteiger partial charge in [0, 0.05) is 6.42 Å². The van der Waals surface area contributed by atoms with Crippen molar-refractivity contribution in [3.8, 4) is 0 Å². The van der Waals surface area contributed by atoms with E-state index in [9.17, 15) is 9.90 Å². The predicted molar refractivity (Wildman–Crippen MR) is 67.1 cm³/mol.